The van der Waals surface area contributed by atoms with Gasteiger partial charge in [-0.1, -0.05) is 6.07 Å². The minimum Gasteiger partial charge on any atom is -0.351 e. The lowest BCUT2D eigenvalue weighted by atomic mass is 10.4. The molecule has 0 atom stereocenters. The van der Waals surface area contributed by atoms with E-state index in [1.807, 2.05) is 17.5 Å². The van der Waals surface area contributed by atoms with E-state index in [4.69, 9.17) is 0 Å². The Morgan fingerprint density at radius 1 is 1.47 bits per heavy atom. The van der Waals surface area contributed by atoms with Crippen molar-refractivity contribution >= 4 is 23.3 Å². The average Bonchev–Trinajstić information content (AvgIpc) is 2.92. The zero-order valence-corrected chi connectivity index (χ0v) is 11.0. The Balaban J connectivity index is 1.78. The number of hydrogen-bond donors (Lipinski definition) is 1. The molecular weight excluding hydrogens is 262 g/mol. The van der Waals surface area contributed by atoms with E-state index in [1.54, 1.807) is 17.4 Å². The number of carbonyl (C=O) groups is 1. The summed E-state index contributed by atoms with van der Waals surface area (Å²) >= 11 is 1.57. The van der Waals surface area contributed by atoms with Gasteiger partial charge in [0.05, 0.1) is 6.33 Å². The van der Waals surface area contributed by atoms with Gasteiger partial charge in [0.1, 0.15) is 0 Å². The number of aromatic nitrogens is 2. The van der Waals surface area contributed by atoms with Crippen molar-refractivity contribution in [2.75, 3.05) is 6.54 Å². The Bertz CT molecular complexity index is 617. The van der Waals surface area contributed by atoms with Gasteiger partial charge in [0, 0.05) is 36.3 Å². The van der Waals surface area contributed by atoms with Crippen molar-refractivity contribution in [3.63, 3.8) is 0 Å². The van der Waals surface area contributed by atoms with Crippen LogP contribution in [0.25, 0.3) is 6.08 Å². The summed E-state index contributed by atoms with van der Waals surface area (Å²) in [7, 11) is 0. The number of amides is 1. The number of nitrogens with zero attached hydrogens (tertiary/aromatic N) is 2. The normalized spacial score (nSPS) is 10.7. The molecule has 2 heterocycles. The van der Waals surface area contributed by atoms with Crippen molar-refractivity contribution in [2.24, 2.45) is 0 Å². The van der Waals surface area contributed by atoms with Crippen molar-refractivity contribution in [3.05, 3.63) is 57.4 Å². The number of carbonyl (C=O) groups excluding carboxylic acids is 1. The molecule has 0 unspecified atom stereocenters. The summed E-state index contributed by atoms with van der Waals surface area (Å²) in [6, 6.07) is 5.25. The maximum atomic E-state index is 11.5. The van der Waals surface area contributed by atoms with E-state index in [0.29, 0.717) is 13.1 Å². The predicted octanol–water partition coefficient (Wildman–Crippen LogP) is 1.13. The molecule has 2 rings (SSSR count). The highest BCUT2D eigenvalue weighted by molar-refractivity contribution is 7.10. The summed E-state index contributed by atoms with van der Waals surface area (Å²) in [4.78, 5) is 27.8. The van der Waals surface area contributed by atoms with E-state index in [2.05, 4.69) is 10.3 Å². The quantitative estimate of drug-likeness (QED) is 0.832. The fraction of sp³-hybridized carbons (Fsp3) is 0.154. The second-order valence-electron chi connectivity index (χ2n) is 3.75. The largest absolute Gasteiger partial charge is 0.351 e. The summed E-state index contributed by atoms with van der Waals surface area (Å²) in [5.41, 5.74) is -0.127. The first-order chi connectivity index (χ1) is 9.25. The molecule has 19 heavy (non-hydrogen) atoms. The van der Waals surface area contributed by atoms with E-state index in [9.17, 15) is 9.59 Å². The van der Waals surface area contributed by atoms with E-state index < -0.39 is 0 Å². The number of nitrogens with one attached hydrogen (secondary N) is 1. The standard InChI is InChI=1S/C13H13N3O2S/c17-12(4-3-11-2-1-9-19-11)15-7-8-16-10-14-6-5-13(16)18/h1-6,9-10H,7-8H2,(H,15,17)/b4-3+. The van der Waals surface area contributed by atoms with Crippen LogP contribution in [0.1, 0.15) is 4.88 Å². The minimum absolute atomic E-state index is 0.127. The number of thiophene rings is 1. The first kappa shape index (κ1) is 13.2. The van der Waals surface area contributed by atoms with Crippen molar-refractivity contribution in [2.45, 2.75) is 6.54 Å². The molecule has 1 N–H and O–H groups in total. The van der Waals surface area contributed by atoms with E-state index >= 15 is 0 Å². The molecule has 0 aliphatic carbocycles. The van der Waals surface area contributed by atoms with Crippen LogP contribution in [0.4, 0.5) is 0 Å². The molecule has 5 nitrogen and oxygen atoms in total. The van der Waals surface area contributed by atoms with Crippen LogP contribution in [-0.4, -0.2) is 22.0 Å². The highest BCUT2D eigenvalue weighted by atomic mass is 32.1. The van der Waals surface area contributed by atoms with E-state index in [0.717, 1.165) is 4.88 Å². The molecule has 0 fully saturated rings. The molecule has 0 saturated carbocycles. The van der Waals surface area contributed by atoms with Crippen LogP contribution in [0, 0.1) is 0 Å². The third-order valence-electron chi connectivity index (χ3n) is 2.39. The summed E-state index contributed by atoms with van der Waals surface area (Å²) < 4.78 is 1.45. The lowest BCUT2D eigenvalue weighted by molar-refractivity contribution is -0.116. The van der Waals surface area contributed by atoms with Gasteiger partial charge in [-0.2, -0.15) is 0 Å². The number of rotatable bonds is 5. The van der Waals surface area contributed by atoms with Gasteiger partial charge in [-0.25, -0.2) is 4.98 Å². The second-order valence-corrected chi connectivity index (χ2v) is 4.73. The maximum Gasteiger partial charge on any atom is 0.253 e. The van der Waals surface area contributed by atoms with Crippen molar-refractivity contribution < 1.29 is 4.79 Å². The Morgan fingerprint density at radius 3 is 3.11 bits per heavy atom. The van der Waals surface area contributed by atoms with Crippen LogP contribution < -0.4 is 10.9 Å². The minimum atomic E-state index is -0.176. The first-order valence-corrected chi connectivity index (χ1v) is 6.63. The molecule has 1 amide bonds. The number of hydrogen-bond acceptors (Lipinski definition) is 4. The van der Waals surface area contributed by atoms with Crippen LogP contribution >= 0.6 is 11.3 Å². The topological polar surface area (TPSA) is 64.0 Å². The molecule has 0 radical (unpaired) electrons. The predicted molar refractivity (Wildman–Crippen MR) is 74.9 cm³/mol. The third-order valence-corrected chi connectivity index (χ3v) is 3.22. The van der Waals surface area contributed by atoms with E-state index in [-0.39, 0.29) is 11.5 Å². The Hall–Kier alpha value is -2.21. The van der Waals surface area contributed by atoms with Gasteiger partial charge >= 0.3 is 0 Å². The molecule has 0 spiro atoms. The molecule has 0 saturated heterocycles. The molecule has 98 valence electrons. The zero-order chi connectivity index (χ0) is 13.5. The molecule has 6 heteroatoms. The van der Waals surface area contributed by atoms with E-state index in [1.165, 1.54) is 29.2 Å². The Labute approximate surface area is 114 Å². The lowest BCUT2D eigenvalue weighted by Crippen LogP contribution is -2.29. The summed E-state index contributed by atoms with van der Waals surface area (Å²) in [6.45, 7) is 0.796. The van der Waals surface area contributed by atoms with Crippen LogP contribution in [-0.2, 0) is 11.3 Å². The summed E-state index contributed by atoms with van der Waals surface area (Å²) in [5, 5.41) is 4.66. The van der Waals surface area contributed by atoms with Gasteiger partial charge in [-0.15, -0.1) is 11.3 Å². The molecule has 2 aromatic heterocycles. The second kappa shape index (κ2) is 6.65. The smallest absolute Gasteiger partial charge is 0.253 e. The molecular formula is C13H13N3O2S. The summed E-state index contributed by atoms with van der Waals surface area (Å²) in [5.74, 6) is -0.176. The molecule has 0 aliphatic rings. The van der Waals surface area contributed by atoms with Gasteiger partial charge in [0.15, 0.2) is 0 Å². The Kier molecular flexibility index (Phi) is 4.63. The zero-order valence-electron chi connectivity index (χ0n) is 10.2. The van der Waals surface area contributed by atoms with Crippen LogP contribution in [0.2, 0.25) is 0 Å². The van der Waals surface area contributed by atoms with Gasteiger partial charge in [0.2, 0.25) is 5.91 Å². The van der Waals surface area contributed by atoms with Gasteiger partial charge < -0.3 is 5.32 Å². The maximum absolute atomic E-state index is 11.5. The Morgan fingerprint density at radius 2 is 2.37 bits per heavy atom. The van der Waals surface area contributed by atoms with Gasteiger partial charge in [-0.05, 0) is 17.5 Å². The monoisotopic (exact) mass is 275 g/mol. The van der Waals surface area contributed by atoms with Crippen molar-refractivity contribution in [3.8, 4) is 0 Å². The highest BCUT2D eigenvalue weighted by Gasteiger charge is 1.97. The van der Waals surface area contributed by atoms with Gasteiger partial charge in [0.25, 0.3) is 5.56 Å². The highest BCUT2D eigenvalue weighted by Crippen LogP contribution is 2.09. The van der Waals surface area contributed by atoms with Crippen molar-refractivity contribution in [1.82, 2.24) is 14.9 Å². The fourth-order valence-electron chi connectivity index (χ4n) is 1.45. The van der Waals surface area contributed by atoms with Crippen molar-refractivity contribution in [1.29, 1.82) is 0 Å². The van der Waals surface area contributed by atoms with Crippen LogP contribution in [0.5, 0.6) is 0 Å². The van der Waals surface area contributed by atoms with Crippen LogP contribution in [0.3, 0.4) is 0 Å². The third kappa shape index (κ3) is 4.18. The van der Waals surface area contributed by atoms with Crippen LogP contribution in [0.15, 0.2) is 47.0 Å². The molecule has 2 aromatic rings. The fourth-order valence-corrected chi connectivity index (χ4v) is 2.07. The first-order valence-electron chi connectivity index (χ1n) is 5.75. The molecule has 0 bridgehead atoms. The molecule has 0 aromatic carbocycles. The lowest BCUT2D eigenvalue weighted by Gasteiger charge is -2.04. The average molecular weight is 275 g/mol. The van der Waals surface area contributed by atoms with Gasteiger partial charge in [-0.3, -0.25) is 14.2 Å². The SMILES string of the molecule is O=C(/C=C/c1cccs1)NCCn1cnccc1=O. The molecule has 0 aliphatic heterocycles. The summed E-state index contributed by atoms with van der Waals surface area (Å²) in [6.07, 6.45) is 6.14.